The summed E-state index contributed by atoms with van der Waals surface area (Å²) in [6.07, 6.45) is 5.39. The highest BCUT2D eigenvalue weighted by Crippen LogP contribution is 2.58. The van der Waals surface area contributed by atoms with Crippen molar-refractivity contribution in [3.05, 3.63) is 75.0 Å². The predicted molar refractivity (Wildman–Crippen MR) is 156 cm³/mol. The first-order valence-electron chi connectivity index (χ1n) is 14.4. The van der Waals surface area contributed by atoms with Gasteiger partial charge < -0.3 is 14.4 Å². The second-order valence-electron chi connectivity index (χ2n) is 12.9. The molecule has 0 unspecified atom stereocenters. The number of rotatable bonds is 8. The molecule has 0 radical (unpaired) electrons. The van der Waals surface area contributed by atoms with Gasteiger partial charge in [0.25, 0.3) is 0 Å². The first-order valence-corrected chi connectivity index (χ1v) is 15.1. The molecular formula is C33H36Cl2N2O3. The molecule has 0 spiro atoms. The number of halogens is 2. The van der Waals surface area contributed by atoms with Crippen LogP contribution in [0.2, 0.25) is 10.0 Å². The van der Waals surface area contributed by atoms with Crippen LogP contribution in [0.4, 0.5) is 0 Å². The maximum Gasteiger partial charge on any atom is 0.145 e. The maximum absolute atomic E-state index is 12.3. The van der Waals surface area contributed by atoms with Gasteiger partial charge in [-0.1, -0.05) is 65.6 Å². The Morgan fingerprint density at radius 2 is 1.85 bits per heavy atom. The Labute approximate surface area is 246 Å². The molecule has 1 aromatic heterocycles. The summed E-state index contributed by atoms with van der Waals surface area (Å²) in [6.45, 7) is 6.54. The minimum atomic E-state index is -0.890. The van der Waals surface area contributed by atoms with E-state index in [2.05, 4.69) is 36.3 Å². The van der Waals surface area contributed by atoms with E-state index in [9.17, 15) is 10.4 Å². The summed E-state index contributed by atoms with van der Waals surface area (Å²) < 4.78 is 12.4. The average molecular weight is 580 g/mol. The molecule has 3 fully saturated rings. The molecule has 7 heteroatoms. The maximum atomic E-state index is 12.3. The predicted octanol–water partition coefficient (Wildman–Crippen LogP) is 8.46. The minimum absolute atomic E-state index is 0.0254. The van der Waals surface area contributed by atoms with Gasteiger partial charge in [-0.05, 0) is 93.4 Å². The van der Waals surface area contributed by atoms with Crippen LogP contribution in [0.25, 0.3) is 11.3 Å². The van der Waals surface area contributed by atoms with E-state index in [1.807, 2.05) is 38.1 Å². The lowest BCUT2D eigenvalue weighted by atomic mass is 9.68. The van der Waals surface area contributed by atoms with Gasteiger partial charge in [0.15, 0.2) is 0 Å². The van der Waals surface area contributed by atoms with Crippen LogP contribution < -0.4 is 0 Å². The van der Waals surface area contributed by atoms with Crippen molar-refractivity contribution in [3.8, 4) is 17.3 Å². The van der Waals surface area contributed by atoms with Gasteiger partial charge in [0.2, 0.25) is 0 Å². The lowest BCUT2D eigenvalue weighted by molar-refractivity contribution is -0.120. The molecule has 40 heavy (non-hydrogen) atoms. The molecule has 3 saturated carbocycles. The number of hydrogen-bond donors (Lipinski definition) is 1. The number of aromatic nitrogens is 1. The first kappa shape index (κ1) is 27.8. The van der Waals surface area contributed by atoms with Crippen molar-refractivity contribution in [1.29, 1.82) is 5.26 Å². The lowest BCUT2D eigenvalue weighted by Crippen LogP contribution is -2.45. The van der Waals surface area contributed by atoms with E-state index in [-0.39, 0.29) is 17.9 Å². The van der Waals surface area contributed by atoms with E-state index in [4.69, 9.17) is 32.5 Å². The molecule has 2 aromatic carbocycles. The standard InChI is InChI=1S/C33H36Cl2N2O3/c1-19-12-23-14-24(15-26(19)33(23,38)22-7-4-6-20(13-22)16-32(2,3)18-36)39-17-25-30(37-40-31(25)21-10-11-21)29-27(34)8-5-9-28(29)35/h4-9,13,19,21,23-24,26,38H,10-12,14-17H2,1-3H3/t19-,23+,24+,26+,33-/m0/s1. The van der Waals surface area contributed by atoms with E-state index in [0.29, 0.717) is 46.2 Å². The van der Waals surface area contributed by atoms with Crippen molar-refractivity contribution < 1.29 is 14.4 Å². The quantitative estimate of drug-likeness (QED) is 0.290. The van der Waals surface area contributed by atoms with Gasteiger partial charge in [-0.15, -0.1) is 0 Å². The lowest BCUT2D eigenvalue weighted by Gasteiger charge is -2.44. The van der Waals surface area contributed by atoms with Crippen molar-refractivity contribution in [3.63, 3.8) is 0 Å². The highest BCUT2D eigenvalue weighted by Gasteiger charge is 2.57. The van der Waals surface area contributed by atoms with Crippen molar-refractivity contribution in [2.45, 2.75) is 83.5 Å². The Morgan fingerprint density at radius 1 is 1.12 bits per heavy atom. The van der Waals surface area contributed by atoms with E-state index >= 15 is 0 Å². The second-order valence-corrected chi connectivity index (χ2v) is 13.7. The Morgan fingerprint density at radius 3 is 2.52 bits per heavy atom. The highest BCUT2D eigenvalue weighted by atomic mass is 35.5. The zero-order chi connectivity index (χ0) is 28.2. The fourth-order valence-electron chi connectivity index (χ4n) is 7.23. The SMILES string of the molecule is C[C@H]1C[C@@H]2C[C@@H](OCc3c(-c4c(Cl)cccc4Cl)noc3C3CC3)C[C@H]1[C@]2(O)c1cccc(CC(C)(C)C#N)c1. The fourth-order valence-corrected chi connectivity index (χ4v) is 7.81. The normalized spacial score (nSPS) is 28.0. The molecule has 3 aliphatic carbocycles. The number of aliphatic hydroxyl groups is 1. The molecule has 5 nitrogen and oxygen atoms in total. The summed E-state index contributed by atoms with van der Waals surface area (Å²) in [5.41, 5.74) is 3.01. The number of nitriles is 1. The summed E-state index contributed by atoms with van der Waals surface area (Å²) in [5.74, 6) is 1.84. The van der Waals surface area contributed by atoms with Gasteiger partial charge in [-0.2, -0.15) is 5.26 Å². The summed E-state index contributed by atoms with van der Waals surface area (Å²) >= 11 is 13.1. The van der Waals surface area contributed by atoms with E-state index < -0.39 is 11.0 Å². The van der Waals surface area contributed by atoms with Crippen molar-refractivity contribution in [1.82, 2.24) is 5.16 Å². The number of benzene rings is 2. The number of hydrogen-bond acceptors (Lipinski definition) is 5. The van der Waals surface area contributed by atoms with Crippen LogP contribution in [0.15, 0.2) is 47.0 Å². The van der Waals surface area contributed by atoms with Gasteiger partial charge in [0.05, 0.1) is 39.8 Å². The number of nitrogens with zero attached hydrogens (tertiary/aromatic N) is 2. The van der Waals surface area contributed by atoms with Crippen LogP contribution in [0.5, 0.6) is 0 Å². The molecular weight excluding hydrogens is 543 g/mol. The molecule has 0 saturated heterocycles. The summed E-state index contributed by atoms with van der Waals surface area (Å²) in [6, 6.07) is 16.1. The largest absolute Gasteiger partial charge is 0.385 e. The van der Waals surface area contributed by atoms with Crippen molar-refractivity contribution >= 4 is 23.2 Å². The summed E-state index contributed by atoms with van der Waals surface area (Å²) in [4.78, 5) is 0. The smallest absolute Gasteiger partial charge is 0.145 e. The monoisotopic (exact) mass is 578 g/mol. The van der Waals surface area contributed by atoms with E-state index in [1.54, 1.807) is 0 Å². The third-order valence-electron chi connectivity index (χ3n) is 9.36. The van der Waals surface area contributed by atoms with Crippen LogP contribution in [0.1, 0.15) is 81.2 Å². The van der Waals surface area contributed by atoms with Gasteiger partial charge in [0, 0.05) is 17.0 Å². The van der Waals surface area contributed by atoms with Gasteiger partial charge in [-0.25, -0.2) is 0 Å². The van der Waals surface area contributed by atoms with E-state index in [0.717, 1.165) is 54.6 Å². The van der Waals surface area contributed by atoms with Crippen LogP contribution in [0, 0.1) is 34.5 Å². The minimum Gasteiger partial charge on any atom is -0.385 e. The van der Waals surface area contributed by atoms with Crippen LogP contribution in [0.3, 0.4) is 0 Å². The third kappa shape index (κ3) is 4.98. The molecule has 6 rings (SSSR count). The molecule has 0 aliphatic heterocycles. The summed E-state index contributed by atoms with van der Waals surface area (Å²) in [7, 11) is 0. The molecule has 210 valence electrons. The molecule has 1 N–H and O–H groups in total. The zero-order valence-corrected chi connectivity index (χ0v) is 24.8. The molecule has 2 bridgehead atoms. The van der Waals surface area contributed by atoms with Gasteiger partial charge >= 0.3 is 0 Å². The number of ether oxygens (including phenoxy) is 1. The Kier molecular flexibility index (Phi) is 7.28. The van der Waals surface area contributed by atoms with Gasteiger partial charge in [0.1, 0.15) is 11.5 Å². The second kappa shape index (κ2) is 10.5. The van der Waals surface area contributed by atoms with Crippen molar-refractivity contribution in [2.75, 3.05) is 0 Å². The van der Waals surface area contributed by atoms with E-state index in [1.165, 1.54) is 0 Å². The Balaban J connectivity index is 1.23. The first-order chi connectivity index (χ1) is 19.1. The molecule has 1 heterocycles. The van der Waals surface area contributed by atoms with Crippen molar-refractivity contribution in [2.24, 2.45) is 23.2 Å². The fraction of sp³-hybridized carbons (Fsp3) is 0.515. The molecule has 5 atom stereocenters. The van der Waals surface area contributed by atoms with Gasteiger partial charge in [-0.3, -0.25) is 0 Å². The summed E-state index contributed by atoms with van der Waals surface area (Å²) in [5, 5.41) is 27.3. The molecule has 3 aromatic rings. The zero-order valence-electron chi connectivity index (χ0n) is 23.3. The topological polar surface area (TPSA) is 79.3 Å². The number of fused-ring (bicyclic) bond motifs is 2. The van der Waals surface area contributed by atoms with Crippen LogP contribution in [-0.2, 0) is 23.4 Å². The van der Waals surface area contributed by atoms with Crippen LogP contribution >= 0.6 is 23.2 Å². The Hall–Kier alpha value is -2.36. The highest BCUT2D eigenvalue weighted by molar-refractivity contribution is 6.39. The third-order valence-corrected chi connectivity index (χ3v) is 9.99. The molecule has 0 amide bonds. The Bertz CT molecular complexity index is 1440. The van der Waals surface area contributed by atoms with Crippen LogP contribution in [-0.4, -0.2) is 16.4 Å². The molecule has 3 aliphatic rings. The average Bonchev–Trinajstić information content (AvgIpc) is 3.67.